The van der Waals surface area contributed by atoms with E-state index in [0.29, 0.717) is 0 Å². The van der Waals surface area contributed by atoms with Crippen LogP contribution in [0.1, 0.15) is 0 Å². The molecule has 0 aromatic rings. The Morgan fingerprint density at radius 1 is 0.148 bits per heavy atom. The first-order chi connectivity index (χ1) is 41.9. The molecule has 30 rings (SSSR count). The zero-order chi connectivity index (χ0) is 64.1. The molecule has 0 aliphatic carbocycles. The summed E-state index contributed by atoms with van der Waals surface area (Å²) in [6.45, 7) is -3.97. The third-order valence-electron chi connectivity index (χ3n) is 17.3. The molecule has 0 radical (unpaired) electrons. The second-order valence-corrected chi connectivity index (χ2v) is 22.9. The Kier molecular flexibility index (Phi) is 24.1. The molecule has 40 atom stereocenters. The summed E-state index contributed by atoms with van der Waals surface area (Å²) >= 11 is 0. The second-order valence-electron chi connectivity index (χ2n) is 22.9. The molecule has 30 aliphatic rings. The number of nitrogens with two attached hydrogens (primary N) is 8. The molecule has 16 bridgehead atoms. The average molecular weight is 1290 g/mol. The lowest BCUT2D eigenvalue weighted by Gasteiger charge is -2.51. The normalized spacial score (nSPS) is 55.4. The molecule has 30 heterocycles. The predicted molar refractivity (Wildman–Crippen MR) is 277 cm³/mol. The van der Waals surface area contributed by atoms with Crippen molar-refractivity contribution in [3.8, 4) is 0 Å². The molecule has 40 heteroatoms. The summed E-state index contributed by atoms with van der Waals surface area (Å²) in [6.07, 6.45) is -73.2. The van der Waals surface area contributed by atoms with Crippen LogP contribution in [0.25, 0.3) is 0 Å². The van der Waals surface area contributed by atoms with Crippen molar-refractivity contribution in [3.63, 3.8) is 0 Å². The summed E-state index contributed by atoms with van der Waals surface area (Å²) in [7, 11) is 0. The van der Waals surface area contributed by atoms with E-state index in [4.69, 9.17) is 122 Å². The van der Waals surface area contributed by atoms with Crippen LogP contribution in [0.5, 0.6) is 0 Å². The van der Waals surface area contributed by atoms with E-state index in [1.165, 1.54) is 0 Å². The molecule has 30 fully saturated rings. The van der Waals surface area contributed by atoms with E-state index in [1.807, 2.05) is 0 Å². The van der Waals surface area contributed by atoms with E-state index in [2.05, 4.69) is 0 Å². The summed E-state index contributed by atoms with van der Waals surface area (Å²) in [4.78, 5) is 0. The fraction of sp³-hybridized carbons (Fsp3) is 1.00. The number of aliphatic hydroxyl groups is 16. The molecule has 0 unspecified atom stereocenters. The molecule has 30 saturated heterocycles. The zero-order valence-corrected chi connectivity index (χ0v) is 47.1. The molecule has 0 amide bonds. The molecule has 40 nitrogen and oxygen atoms in total. The van der Waals surface area contributed by atoms with Gasteiger partial charge in [-0.15, -0.1) is 0 Å². The fourth-order valence-electron chi connectivity index (χ4n) is 12.2. The highest BCUT2D eigenvalue weighted by atomic mass is 16.8. The standard InChI is InChI=1S/C48H88N8O32/c49-1-9-33-17(57)25(65)41(73-9)82-34-10(2-50)75-43(27(67)19(34)59)84-36-12(4-52)77-45(29(69)21(36)61)86-38-14(6-54)79-47(31(71)23(38)63)88-40-16(8-56)80-48(32(72)24(40)64)87-39-15(7-55)78-46(30(70)22(39)62)85-37-13(5-53)76-44(28(68)20(37)60)83-35-11(3-51)74-42(81-33)26(66)18(35)58/h9-48,57-72H,1-8,49-56H2/t9-,10-,11-,12-,13-,14-,15-,16-,17-,18-,19-,20-,21-,22-,23-,24-,25-,26-,27-,28-,29-,30-,31-,32-,33-,34-,35-,36-,37-,38-,39-,40-,41-,42-,43-,44-,45-,46-,47-,48-/m1/s1. The van der Waals surface area contributed by atoms with Gasteiger partial charge in [0.05, 0.1) is 0 Å². The van der Waals surface area contributed by atoms with Gasteiger partial charge in [-0.3, -0.25) is 0 Å². The molecular weight excluding hydrogens is 1200 g/mol. The minimum absolute atomic E-state index is 0.496. The molecular formula is C48H88N8O32. The first-order valence-electron chi connectivity index (χ1n) is 28.9. The Bertz CT molecular complexity index is 1730. The lowest BCUT2D eigenvalue weighted by molar-refractivity contribution is -0.398. The Hall–Kier alpha value is -1.60. The van der Waals surface area contributed by atoms with Gasteiger partial charge in [-0.25, -0.2) is 0 Å². The van der Waals surface area contributed by atoms with E-state index in [1.54, 1.807) is 0 Å². The van der Waals surface area contributed by atoms with Crippen LogP contribution in [0.2, 0.25) is 0 Å². The van der Waals surface area contributed by atoms with Crippen molar-refractivity contribution >= 4 is 0 Å². The van der Waals surface area contributed by atoms with Crippen molar-refractivity contribution in [3.05, 3.63) is 0 Å². The zero-order valence-electron chi connectivity index (χ0n) is 47.1. The minimum Gasteiger partial charge on any atom is -0.387 e. The highest BCUT2D eigenvalue weighted by Gasteiger charge is 2.60. The highest BCUT2D eigenvalue weighted by molar-refractivity contribution is 5.03. The van der Waals surface area contributed by atoms with Gasteiger partial charge in [-0.05, 0) is 0 Å². The second kappa shape index (κ2) is 30.0. The van der Waals surface area contributed by atoms with Crippen LogP contribution in [-0.2, 0) is 75.8 Å². The summed E-state index contributed by atoms with van der Waals surface area (Å²) in [5.74, 6) is 0. The van der Waals surface area contributed by atoms with Crippen molar-refractivity contribution in [2.24, 2.45) is 45.9 Å². The SMILES string of the molecule is NC[C@H]1O[C@@H]2O[C@H]3[C@H](O)[C@@H](O)[C@@H](O[C@H]4[C@H](O)[C@@H](O)[C@@H](O[C@H]5[C@H](O)[C@@H](O)[C@@H](O[C@H]6[C@H](O)[C@@H](O)[C@@H](O[C@H]7[C@H](O)[C@@H](O)[C@@H](O[C@H]8[C@H](O)[C@@H](O)[C@@H](O[C@H]9[C@H](O)[C@@H](O)[C@@H](O[C@H]1[C@H](O)[C@H]2O)O[C@@H]9CN)O[C@@H]8CN)O[C@@H]7CN)O[C@@H]6CN)O[C@@H]5CN)O[C@@H]4CN)O[C@@H]3CN. The van der Waals surface area contributed by atoms with Gasteiger partial charge in [0, 0.05) is 52.4 Å². The van der Waals surface area contributed by atoms with Crippen LogP contribution >= 0.6 is 0 Å². The third-order valence-corrected chi connectivity index (χ3v) is 17.3. The summed E-state index contributed by atoms with van der Waals surface area (Å²) in [5, 5.41) is 184. The number of ether oxygens (including phenoxy) is 16. The monoisotopic (exact) mass is 1290 g/mol. The Morgan fingerprint density at radius 3 is 0.318 bits per heavy atom. The van der Waals surface area contributed by atoms with E-state index in [0.717, 1.165) is 0 Å². The van der Waals surface area contributed by atoms with Crippen molar-refractivity contribution in [2.45, 2.75) is 246 Å². The number of aliphatic hydroxyl groups excluding tert-OH is 16. The van der Waals surface area contributed by atoms with Gasteiger partial charge in [0.15, 0.2) is 50.3 Å². The van der Waals surface area contributed by atoms with E-state index in [9.17, 15) is 81.7 Å². The first kappa shape index (κ1) is 70.7. The Labute approximate surface area is 500 Å². The van der Waals surface area contributed by atoms with Crippen LogP contribution in [-0.4, -0.2) is 380 Å². The summed E-state index contributed by atoms with van der Waals surface area (Å²) in [5.41, 5.74) is 48.3. The van der Waals surface area contributed by atoms with E-state index < -0.39 is 298 Å². The van der Waals surface area contributed by atoms with Gasteiger partial charge in [0.1, 0.15) is 195 Å². The van der Waals surface area contributed by atoms with Gasteiger partial charge in [0.2, 0.25) is 0 Å². The van der Waals surface area contributed by atoms with E-state index >= 15 is 0 Å². The number of hydrogen-bond acceptors (Lipinski definition) is 40. The summed E-state index contributed by atoms with van der Waals surface area (Å²) < 4.78 is 94.5. The van der Waals surface area contributed by atoms with Crippen LogP contribution in [0.4, 0.5) is 0 Å². The van der Waals surface area contributed by atoms with Gasteiger partial charge in [-0.2, -0.15) is 0 Å². The molecule has 30 aliphatic heterocycles. The smallest absolute Gasteiger partial charge is 0.187 e. The van der Waals surface area contributed by atoms with Crippen molar-refractivity contribution in [1.29, 1.82) is 0 Å². The molecule has 32 N–H and O–H groups in total. The molecule has 0 spiro atoms. The van der Waals surface area contributed by atoms with Crippen molar-refractivity contribution < 1.29 is 157 Å². The van der Waals surface area contributed by atoms with Gasteiger partial charge in [0.25, 0.3) is 0 Å². The van der Waals surface area contributed by atoms with Gasteiger partial charge < -0.3 is 203 Å². The summed E-state index contributed by atoms with van der Waals surface area (Å²) in [6, 6.07) is 0. The minimum atomic E-state index is -2.09. The number of rotatable bonds is 8. The maximum absolute atomic E-state index is 11.5. The molecule has 0 aromatic heterocycles. The van der Waals surface area contributed by atoms with Gasteiger partial charge >= 0.3 is 0 Å². The average Bonchev–Trinajstić information content (AvgIpc) is 1.09. The topological polar surface area (TPSA) is 680 Å². The van der Waals surface area contributed by atoms with Crippen LogP contribution < -0.4 is 45.9 Å². The van der Waals surface area contributed by atoms with Crippen LogP contribution in [0.15, 0.2) is 0 Å². The van der Waals surface area contributed by atoms with Crippen LogP contribution in [0, 0.1) is 0 Å². The van der Waals surface area contributed by atoms with Crippen molar-refractivity contribution in [1.82, 2.24) is 0 Å². The highest BCUT2D eigenvalue weighted by Crippen LogP contribution is 2.39. The van der Waals surface area contributed by atoms with E-state index in [-0.39, 0.29) is 0 Å². The fourth-order valence-corrected chi connectivity index (χ4v) is 12.2. The maximum Gasteiger partial charge on any atom is 0.187 e. The lowest BCUT2D eigenvalue weighted by atomic mass is 9.94. The number of hydrogen-bond donors (Lipinski definition) is 24. The maximum atomic E-state index is 11.5. The lowest BCUT2D eigenvalue weighted by Crippen LogP contribution is -2.69. The molecule has 512 valence electrons. The Balaban J connectivity index is 0.975. The molecule has 88 heavy (non-hydrogen) atoms. The third kappa shape index (κ3) is 13.8. The molecule has 0 saturated carbocycles. The molecule has 0 aromatic carbocycles. The largest absolute Gasteiger partial charge is 0.387 e. The van der Waals surface area contributed by atoms with Crippen LogP contribution in [0.3, 0.4) is 0 Å². The van der Waals surface area contributed by atoms with Gasteiger partial charge in [-0.1, -0.05) is 0 Å². The first-order valence-corrected chi connectivity index (χ1v) is 28.9. The predicted octanol–water partition coefficient (Wildman–Crippen LogP) is -17.7. The van der Waals surface area contributed by atoms with Crippen molar-refractivity contribution in [2.75, 3.05) is 52.4 Å². The Morgan fingerprint density at radius 2 is 0.239 bits per heavy atom. The quantitative estimate of drug-likeness (QED) is 0.107.